The fourth-order valence-corrected chi connectivity index (χ4v) is 2.01. The summed E-state index contributed by atoms with van der Waals surface area (Å²) in [5.74, 6) is -1.55. The van der Waals surface area contributed by atoms with Crippen LogP contribution in [0.2, 0.25) is 0 Å². The SMILES string of the molecule is CCN(CC(=O)O)C(=O)Cn1ncc2ccccc2c1=O. The Morgan fingerprint density at radius 1 is 1.33 bits per heavy atom. The standard InChI is InChI=1S/C14H15N3O4/c1-2-16(9-13(19)20)12(18)8-17-14(21)11-6-4-3-5-10(11)7-15-17/h3-7H,2,8-9H2,1H3,(H,19,20). The molecule has 0 bridgehead atoms. The summed E-state index contributed by atoms with van der Waals surface area (Å²) in [5.41, 5.74) is -0.368. The summed E-state index contributed by atoms with van der Waals surface area (Å²) in [6, 6.07) is 6.96. The minimum Gasteiger partial charge on any atom is -0.480 e. The van der Waals surface area contributed by atoms with E-state index in [-0.39, 0.29) is 18.6 Å². The topological polar surface area (TPSA) is 92.5 Å². The molecule has 0 saturated carbocycles. The molecule has 2 rings (SSSR count). The van der Waals surface area contributed by atoms with Crippen molar-refractivity contribution in [3.63, 3.8) is 0 Å². The van der Waals surface area contributed by atoms with E-state index in [0.717, 1.165) is 9.58 Å². The van der Waals surface area contributed by atoms with E-state index >= 15 is 0 Å². The molecule has 1 aromatic carbocycles. The second-order valence-corrected chi connectivity index (χ2v) is 4.50. The zero-order chi connectivity index (χ0) is 15.4. The Bertz CT molecular complexity index is 738. The van der Waals surface area contributed by atoms with Gasteiger partial charge < -0.3 is 10.0 Å². The summed E-state index contributed by atoms with van der Waals surface area (Å²) < 4.78 is 1.05. The van der Waals surface area contributed by atoms with Gasteiger partial charge in [0.15, 0.2) is 0 Å². The molecule has 7 heteroatoms. The lowest BCUT2D eigenvalue weighted by molar-refractivity contribution is -0.144. The number of aliphatic carboxylic acids is 1. The highest BCUT2D eigenvalue weighted by molar-refractivity contribution is 5.82. The first-order valence-corrected chi connectivity index (χ1v) is 6.47. The predicted octanol–water partition coefficient (Wildman–Crippen LogP) is 0.330. The van der Waals surface area contributed by atoms with Gasteiger partial charge in [-0.15, -0.1) is 0 Å². The minimum atomic E-state index is -1.09. The number of fused-ring (bicyclic) bond motifs is 1. The summed E-state index contributed by atoms with van der Waals surface area (Å²) in [6.07, 6.45) is 1.51. The zero-order valence-corrected chi connectivity index (χ0v) is 11.5. The first-order valence-electron chi connectivity index (χ1n) is 6.47. The van der Waals surface area contributed by atoms with Crippen molar-refractivity contribution in [3.05, 3.63) is 40.8 Å². The molecule has 1 aromatic heterocycles. The lowest BCUT2D eigenvalue weighted by Gasteiger charge is -2.18. The molecule has 0 unspecified atom stereocenters. The van der Waals surface area contributed by atoms with Gasteiger partial charge in [-0.05, 0) is 13.0 Å². The van der Waals surface area contributed by atoms with Crippen molar-refractivity contribution in [2.75, 3.05) is 13.1 Å². The molecule has 7 nitrogen and oxygen atoms in total. The van der Waals surface area contributed by atoms with Crippen LogP contribution in [0, 0.1) is 0 Å². The molecule has 0 atom stereocenters. The quantitative estimate of drug-likeness (QED) is 0.856. The summed E-state index contributed by atoms with van der Waals surface area (Å²) in [6.45, 7) is 1.27. The van der Waals surface area contributed by atoms with Crippen LogP contribution >= 0.6 is 0 Å². The Morgan fingerprint density at radius 2 is 2.05 bits per heavy atom. The molecule has 0 saturated heterocycles. The first-order chi connectivity index (χ1) is 10.0. The van der Waals surface area contributed by atoms with Gasteiger partial charge in [-0.25, -0.2) is 4.68 Å². The largest absolute Gasteiger partial charge is 0.480 e. The van der Waals surface area contributed by atoms with Crippen LogP contribution in [-0.2, 0) is 16.1 Å². The molecule has 0 spiro atoms. The lowest BCUT2D eigenvalue weighted by atomic mass is 10.2. The highest BCUT2D eigenvalue weighted by Gasteiger charge is 2.16. The van der Waals surface area contributed by atoms with Crippen molar-refractivity contribution in [1.29, 1.82) is 0 Å². The number of carboxylic acid groups (broad SMARTS) is 1. The molecule has 1 amide bonds. The van der Waals surface area contributed by atoms with Crippen molar-refractivity contribution in [3.8, 4) is 0 Å². The zero-order valence-electron chi connectivity index (χ0n) is 11.5. The van der Waals surface area contributed by atoms with Crippen LogP contribution < -0.4 is 5.56 Å². The van der Waals surface area contributed by atoms with E-state index in [9.17, 15) is 14.4 Å². The second kappa shape index (κ2) is 6.17. The number of aromatic nitrogens is 2. The van der Waals surface area contributed by atoms with E-state index in [1.807, 2.05) is 0 Å². The van der Waals surface area contributed by atoms with Crippen LogP contribution in [0.25, 0.3) is 10.8 Å². The van der Waals surface area contributed by atoms with Crippen molar-refractivity contribution >= 4 is 22.6 Å². The number of carboxylic acids is 1. The number of carbonyl (C=O) groups excluding carboxylic acids is 1. The molecule has 21 heavy (non-hydrogen) atoms. The van der Waals surface area contributed by atoms with Gasteiger partial charge in [-0.3, -0.25) is 14.4 Å². The maximum Gasteiger partial charge on any atom is 0.323 e. The monoisotopic (exact) mass is 289 g/mol. The molecule has 0 aliphatic carbocycles. The van der Waals surface area contributed by atoms with Crippen molar-refractivity contribution in [1.82, 2.24) is 14.7 Å². The highest BCUT2D eigenvalue weighted by atomic mass is 16.4. The van der Waals surface area contributed by atoms with Crippen LogP contribution in [-0.4, -0.2) is 44.8 Å². The molecule has 0 aliphatic heterocycles. The van der Waals surface area contributed by atoms with Crippen LogP contribution in [0.4, 0.5) is 0 Å². The molecule has 110 valence electrons. The van der Waals surface area contributed by atoms with Crippen molar-refractivity contribution in [2.24, 2.45) is 0 Å². The third kappa shape index (κ3) is 3.25. The number of nitrogens with zero attached hydrogens (tertiary/aromatic N) is 3. The van der Waals surface area contributed by atoms with Gasteiger partial charge in [0.1, 0.15) is 13.1 Å². The second-order valence-electron chi connectivity index (χ2n) is 4.50. The lowest BCUT2D eigenvalue weighted by Crippen LogP contribution is -2.40. The smallest absolute Gasteiger partial charge is 0.323 e. The summed E-state index contributed by atoms with van der Waals surface area (Å²) >= 11 is 0. The van der Waals surface area contributed by atoms with Crippen LogP contribution in [0.3, 0.4) is 0 Å². The molecular weight excluding hydrogens is 274 g/mol. The molecule has 2 aromatic rings. The number of hydrogen-bond donors (Lipinski definition) is 1. The Morgan fingerprint density at radius 3 is 2.71 bits per heavy atom. The number of benzene rings is 1. The first kappa shape index (κ1) is 14.7. The normalized spacial score (nSPS) is 10.5. The molecule has 1 heterocycles. The number of rotatable bonds is 5. The van der Waals surface area contributed by atoms with Crippen LogP contribution in [0.1, 0.15) is 6.92 Å². The average molecular weight is 289 g/mol. The number of likely N-dealkylation sites (N-methyl/N-ethyl adjacent to an activating group) is 1. The van der Waals surface area contributed by atoms with Gasteiger partial charge in [0, 0.05) is 11.9 Å². The van der Waals surface area contributed by atoms with Gasteiger partial charge in [0.2, 0.25) is 5.91 Å². The molecule has 0 fully saturated rings. The molecule has 0 aliphatic rings. The van der Waals surface area contributed by atoms with Gasteiger partial charge in [-0.1, -0.05) is 18.2 Å². The van der Waals surface area contributed by atoms with E-state index in [2.05, 4.69) is 5.10 Å². The summed E-state index contributed by atoms with van der Waals surface area (Å²) in [5, 5.41) is 13.9. The number of hydrogen-bond acceptors (Lipinski definition) is 4. The van der Waals surface area contributed by atoms with E-state index in [1.165, 1.54) is 6.20 Å². The maximum atomic E-state index is 12.2. The number of amides is 1. The van der Waals surface area contributed by atoms with E-state index in [0.29, 0.717) is 10.8 Å². The average Bonchev–Trinajstić information content (AvgIpc) is 2.47. The van der Waals surface area contributed by atoms with Gasteiger partial charge >= 0.3 is 5.97 Å². The molecular formula is C14H15N3O4. The highest BCUT2D eigenvalue weighted by Crippen LogP contribution is 2.06. The Hall–Kier alpha value is -2.70. The fraction of sp³-hybridized carbons (Fsp3) is 0.286. The Kier molecular flexibility index (Phi) is 4.32. The third-order valence-electron chi connectivity index (χ3n) is 3.11. The summed E-state index contributed by atoms with van der Waals surface area (Å²) in [4.78, 5) is 36.1. The van der Waals surface area contributed by atoms with Gasteiger partial charge in [0.25, 0.3) is 5.56 Å². The predicted molar refractivity (Wildman–Crippen MR) is 75.9 cm³/mol. The van der Waals surface area contributed by atoms with E-state index in [1.54, 1.807) is 31.2 Å². The van der Waals surface area contributed by atoms with Crippen LogP contribution in [0.15, 0.2) is 35.3 Å². The van der Waals surface area contributed by atoms with E-state index in [4.69, 9.17) is 5.11 Å². The van der Waals surface area contributed by atoms with Crippen molar-refractivity contribution in [2.45, 2.75) is 13.5 Å². The summed E-state index contributed by atoms with van der Waals surface area (Å²) in [7, 11) is 0. The van der Waals surface area contributed by atoms with Gasteiger partial charge in [0.05, 0.1) is 11.6 Å². The van der Waals surface area contributed by atoms with E-state index < -0.39 is 18.4 Å². The van der Waals surface area contributed by atoms with Crippen molar-refractivity contribution < 1.29 is 14.7 Å². The third-order valence-corrected chi connectivity index (χ3v) is 3.11. The molecule has 1 N–H and O–H groups in total. The maximum absolute atomic E-state index is 12.2. The minimum absolute atomic E-state index is 0.257. The Labute approximate surface area is 120 Å². The fourth-order valence-electron chi connectivity index (χ4n) is 2.01. The number of carbonyl (C=O) groups is 2. The molecule has 0 radical (unpaired) electrons. The van der Waals surface area contributed by atoms with Gasteiger partial charge in [-0.2, -0.15) is 5.10 Å². The van der Waals surface area contributed by atoms with Crippen LogP contribution in [0.5, 0.6) is 0 Å². The Balaban J connectivity index is 2.27.